The highest BCUT2D eigenvalue weighted by Crippen LogP contribution is 2.35. The quantitative estimate of drug-likeness (QED) is 0.183. The molecule has 1 aromatic carbocycles. The maximum absolute atomic E-state index is 10.3. The van der Waals surface area contributed by atoms with Crippen molar-refractivity contribution in [3.8, 4) is 11.5 Å². The molecule has 192 valence electrons. The largest absolute Gasteiger partial charge is 0.454 e. The number of aliphatic hydroxyl groups is 7. The van der Waals surface area contributed by atoms with Crippen LogP contribution in [0.25, 0.3) is 0 Å². The minimum atomic E-state index is -1.63. The summed E-state index contributed by atoms with van der Waals surface area (Å²) < 4.78 is 32.4. The van der Waals surface area contributed by atoms with Crippen LogP contribution in [0.2, 0.25) is 0 Å². The summed E-state index contributed by atoms with van der Waals surface area (Å²) in [6, 6.07) is 5.16. The number of ether oxygens (including phenoxy) is 6. The molecule has 1 aromatic rings. The van der Waals surface area contributed by atoms with E-state index in [2.05, 4.69) is 0 Å². The van der Waals surface area contributed by atoms with Gasteiger partial charge in [-0.3, -0.25) is 0 Å². The van der Waals surface area contributed by atoms with Crippen LogP contribution in [-0.4, -0.2) is 124 Å². The van der Waals surface area contributed by atoms with Crippen LogP contribution in [0.3, 0.4) is 0 Å². The van der Waals surface area contributed by atoms with Crippen LogP contribution < -0.4 is 9.47 Å². The molecule has 0 saturated carbocycles. The second-order valence-electron chi connectivity index (χ2n) is 8.38. The van der Waals surface area contributed by atoms with Crippen molar-refractivity contribution >= 4 is 0 Å². The Bertz CT molecular complexity index is 809. The molecule has 3 heterocycles. The average molecular weight is 490 g/mol. The van der Waals surface area contributed by atoms with E-state index in [1.54, 1.807) is 18.2 Å². The van der Waals surface area contributed by atoms with Gasteiger partial charge >= 0.3 is 0 Å². The first-order valence-electron chi connectivity index (χ1n) is 10.9. The summed E-state index contributed by atoms with van der Waals surface area (Å²) >= 11 is 0. The molecule has 13 nitrogen and oxygen atoms in total. The van der Waals surface area contributed by atoms with Crippen molar-refractivity contribution in [1.29, 1.82) is 0 Å². The molecule has 4 rings (SSSR count). The van der Waals surface area contributed by atoms with E-state index in [1.165, 1.54) is 0 Å². The van der Waals surface area contributed by atoms with Crippen molar-refractivity contribution in [2.24, 2.45) is 0 Å². The second kappa shape index (κ2) is 11.0. The summed E-state index contributed by atoms with van der Waals surface area (Å²) in [7, 11) is 0. The van der Waals surface area contributed by atoms with Gasteiger partial charge in [0.15, 0.2) is 24.1 Å². The summed E-state index contributed by atoms with van der Waals surface area (Å²) in [5.74, 6) is 0.606. The Labute approximate surface area is 194 Å². The van der Waals surface area contributed by atoms with E-state index in [4.69, 9.17) is 33.5 Å². The lowest BCUT2D eigenvalue weighted by molar-refractivity contribution is -0.311. The van der Waals surface area contributed by atoms with Crippen LogP contribution in [0.4, 0.5) is 0 Å². The Morgan fingerprint density at radius 3 is 2.15 bits per heavy atom. The van der Waals surface area contributed by atoms with Crippen molar-refractivity contribution in [2.45, 2.75) is 61.2 Å². The third kappa shape index (κ3) is 5.15. The van der Waals surface area contributed by atoms with Crippen LogP contribution in [-0.2, 0) is 18.9 Å². The summed E-state index contributed by atoms with van der Waals surface area (Å²) in [6.45, 7) is -1.19. The monoisotopic (exact) mass is 490 g/mol. The molecule has 0 amide bonds. The Morgan fingerprint density at radius 2 is 1.44 bits per heavy atom. The Morgan fingerprint density at radius 1 is 0.794 bits per heavy atom. The van der Waals surface area contributed by atoms with Crippen LogP contribution >= 0.6 is 0 Å². The predicted octanol–water partition coefficient (Wildman–Crippen LogP) is -3.23. The molecule has 0 aliphatic carbocycles. The van der Waals surface area contributed by atoms with Crippen molar-refractivity contribution in [3.63, 3.8) is 0 Å². The summed E-state index contributed by atoms with van der Waals surface area (Å²) in [5, 5.41) is 69.6. The van der Waals surface area contributed by atoms with Crippen molar-refractivity contribution in [1.82, 2.24) is 0 Å². The van der Waals surface area contributed by atoms with Gasteiger partial charge in [0, 0.05) is 5.92 Å². The molecule has 2 saturated heterocycles. The standard InChI is InChI=1S/C21H30O13/c22-4-10(9-1-2-11-12(3-9)32-8-31-11)6-29-21-19(28)17(26)16(25)14(34-21)7-30-20-18(27)15(24)13(5-23)33-20/h1-3,10,13-28H,4-8H2/t10?,13-,14+,15-,16+,17-,18+,19+,20+,21+/m0/s1. The fourth-order valence-electron chi connectivity index (χ4n) is 4.02. The van der Waals surface area contributed by atoms with Gasteiger partial charge < -0.3 is 64.2 Å². The fraction of sp³-hybridized carbons (Fsp3) is 0.714. The zero-order valence-electron chi connectivity index (χ0n) is 18.1. The zero-order valence-corrected chi connectivity index (χ0v) is 18.1. The lowest BCUT2D eigenvalue weighted by Crippen LogP contribution is -2.59. The average Bonchev–Trinajstić information content (AvgIpc) is 3.42. The van der Waals surface area contributed by atoms with E-state index in [0.29, 0.717) is 17.1 Å². The minimum Gasteiger partial charge on any atom is -0.454 e. The van der Waals surface area contributed by atoms with Crippen LogP contribution in [0, 0.1) is 0 Å². The third-order valence-corrected chi connectivity index (χ3v) is 6.14. The highest BCUT2D eigenvalue weighted by atomic mass is 16.7. The van der Waals surface area contributed by atoms with Gasteiger partial charge in [-0.05, 0) is 17.7 Å². The summed E-state index contributed by atoms with van der Waals surface area (Å²) in [5.41, 5.74) is 0.696. The minimum absolute atomic E-state index is 0.0942. The van der Waals surface area contributed by atoms with Crippen LogP contribution in [0.5, 0.6) is 11.5 Å². The molecular weight excluding hydrogens is 460 g/mol. The molecule has 13 heteroatoms. The Balaban J connectivity index is 1.35. The van der Waals surface area contributed by atoms with Gasteiger partial charge in [-0.1, -0.05) is 6.07 Å². The number of aliphatic hydroxyl groups excluding tert-OH is 7. The molecule has 2 fully saturated rings. The zero-order chi connectivity index (χ0) is 24.4. The highest BCUT2D eigenvalue weighted by molar-refractivity contribution is 5.45. The van der Waals surface area contributed by atoms with Crippen molar-refractivity contribution in [3.05, 3.63) is 23.8 Å². The maximum Gasteiger partial charge on any atom is 0.231 e. The molecule has 0 spiro atoms. The predicted molar refractivity (Wildman–Crippen MR) is 109 cm³/mol. The Kier molecular flexibility index (Phi) is 8.22. The third-order valence-electron chi connectivity index (χ3n) is 6.14. The normalized spacial score (nSPS) is 38.3. The second-order valence-corrected chi connectivity index (χ2v) is 8.38. The molecule has 34 heavy (non-hydrogen) atoms. The Hall–Kier alpha value is -1.62. The molecule has 7 N–H and O–H groups in total. The lowest BCUT2D eigenvalue weighted by Gasteiger charge is -2.40. The smallest absolute Gasteiger partial charge is 0.231 e. The molecule has 0 radical (unpaired) electrons. The number of fused-ring (bicyclic) bond motifs is 1. The highest BCUT2D eigenvalue weighted by Gasteiger charge is 2.47. The molecule has 0 bridgehead atoms. The van der Waals surface area contributed by atoms with E-state index in [9.17, 15) is 30.6 Å². The molecular formula is C21H30O13. The number of rotatable bonds is 9. The van der Waals surface area contributed by atoms with E-state index < -0.39 is 67.8 Å². The van der Waals surface area contributed by atoms with Gasteiger partial charge in [0.2, 0.25) is 6.79 Å². The van der Waals surface area contributed by atoms with Crippen LogP contribution in [0.15, 0.2) is 18.2 Å². The number of benzene rings is 1. The lowest BCUT2D eigenvalue weighted by atomic mass is 9.98. The van der Waals surface area contributed by atoms with Gasteiger partial charge in [0.25, 0.3) is 0 Å². The number of hydrogen-bond donors (Lipinski definition) is 7. The molecule has 1 unspecified atom stereocenters. The number of hydrogen-bond acceptors (Lipinski definition) is 13. The van der Waals surface area contributed by atoms with E-state index >= 15 is 0 Å². The molecule has 10 atom stereocenters. The topological polar surface area (TPSA) is 197 Å². The van der Waals surface area contributed by atoms with Gasteiger partial charge in [-0.15, -0.1) is 0 Å². The van der Waals surface area contributed by atoms with Gasteiger partial charge in [0.05, 0.1) is 26.4 Å². The van der Waals surface area contributed by atoms with Crippen LogP contribution in [0.1, 0.15) is 11.5 Å². The van der Waals surface area contributed by atoms with Crippen molar-refractivity contribution < 1.29 is 64.2 Å². The van der Waals surface area contributed by atoms with Gasteiger partial charge in [-0.2, -0.15) is 0 Å². The first-order chi connectivity index (χ1) is 16.3. The maximum atomic E-state index is 10.3. The van der Waals surface area contributed by atoms with E-state index in [-0.39, 0.29) is 26.6 Å². The molecule has 3 aliphatic rings. The summed E-state index contributed by atoms with van der Waals surface area (Å²) in [4.78, 5) is 0. The van der Waals surface area contributed by atoms with E-state index in [1.807, 2.05) is 0 Å². The molecule has 3 aliphatic heterocycles. The first-order valence-corrected chi connectivity index (χ1v) is 10.9. The summed E-state index contributed by atoms with van der Waals surface area (Å²) in [6.07, 6.45) is -12.4. The van der Waals surface area contributed by atoms with Crippen molar-refractivity contribution in [2.75, 3.05) is 33.2 Å². The SMILES string of the molecule is OCC(CO[C@@H]1O[C@H](CO[C@@H]2O[C@@H](CO)[C@H](O)[C@H]2O)[C@@H](O)[C@H](O)[C@H]1O)c1ccc2c(c1)OCO2. The fourth-order valence-corrected chi connectivity index (χ4v) is 4.02. The van der Waals surface area contributed by atoms with E-state index in [0.717, 1.165) is 0 Å². The van der Waals surface area contributed by atoms with Gasteiger partial charge in [-0.25, -0.2) is 0 Å². The van der Waals surface area contributed by atoms with Gasteiger partial charge in [0.1, 0.15) is 42.7 Å². The first kappa shape index (κ1) is 25.5. The molecule has 0 aromatic heterocycles.